The van der Waals surface area contributed by atoms with Gasteiger partial charge in [-0.2, -0.15) is 0 Å². The number of nitrogens with one attached hydrogen (secondary N) is 1. The topological polar surface area (TPSA) is 59.4 Å². The summed E-state index contributed by atoms with van der Waals surface area (Å²) in [5, 5.41) is 5.40. The Morgan fingerprint density at radius 2 is 1.71 bits per heavy atom. The largest absolute Gasteiger partial charge is 0.400 e. The molecule has 0 aliphatic carbocycles. The van der Waals surface area contributed by atoms with E-state index in [1.54, 1.807) is 14.2 Å². The van der Waals surface area contributed by atoms with Gasteiger partial charge in [0.15, 0.2) is 0 Å². The van der Waals surface area contributed by atoms with Crippen molar-refractivity contribution >= 4 is 15.4 Å². The minimum Gasteiger partial charge on any atom is -0.400 e. The fourth-order valence-electron chi connectivity index (χ4n) is 1.07. The second-order valence-corrected chi connectivity index (χ2v) is 5.23. The smallest absolute Gasteiger partial charge is 0.320 e. The van der Waals surface area contributed by atoms with Crippen LogP contribution in [0.3, 0.4) is 0 Å². The fourth-order valence-corrected chi connectivity index (χ4v) is 2.36. The average molecular weight is 219 g/mol. The molecule has 0 amide bonds. The molecule has 0 atom stereocenters. The summed E-state index contributed by atoms with van der Waals surface area (Å²) >= 11 is 0. The molecule has 1 N–H and O–H groups in total. The van der Waals surface area contributed by atoms with Gasteiger partial charge in [0.25, 0.3) is 0 Å². The number of hydrogen-bond acceptors (Lipinski definition) is 4. The van der Waals surface area contributed by atoms with E-state index in [1.807, 2.05) is 0 Å². The summed E-state index contributed by atoms with van der Waals surface area (Å²) in [5.41, 5.74) is 0. The number of hydrogen-bond donors (Lipinski definition) is 1. The maximum atomic E-state index is 8.35. The average Bonchev–Trinajstić information content (AvgIpc) is 2.20. The Hall–Kier alpha value is -0.483. The van der Waals surface area contributed by atoms with Crippen LogP contribution in [-0.2, 0) is 13.6 Å². The summed E-state index contributed by atoms with van der Waals surface area (Å²) in [6, 6.07) is 1.16. The van der Waals surface area contributed by atoms with Crippen molar-refractivity contribution in [3.63, 3.8) is 0 Å². The summed E-state index contributed by atoms with van der Waals surface area (Å²) in [5.74, 6) is 0. The lowest BCUT2D eigenvalue weighted by Crippen LogP contribution is -2.18. The Morgan fingerprint density at radius 3 is 2.07 bits per heavy atom. The molecule has 14 heavy (non-hydrogen) atoms. The highest BCUT2D eigenvalue weighted by molar-refractivity contribution is 6.44. The normalized spacial score (nSPS) is 9.14. The van der Waals surface area contributed by atoms with E-state index in [4.69, 9.17) is 19.1 Å². The first-order valence-corrected chi connectivity index (χ1v) is 6.62. The van der Waals surface area contributed by atoms with Crippen LogP contribution >= 0.6 is 0 Å². The predicted molar refractivity (Wildman–Crippen MR) is 58.5 cm³/mol. The molecule has 84 valence electrons. The molecule has 0 aliphatic rings. The van der Waals surface area contributed by atoms with Crippen LogP contribution in [0.15, 0.2) is 0 Å². The summed E-state index contributed by atoms with van der Waals surface area (Å²) in [6.45, 7) is 2.22. The van der Waals surface area contributed by atoms with E-state index in [0.717, 1.165) is 12.1 Å². The maximum Gasteiger partial charge on any atom is 0.320 e. The molecule has 4 nitrogen and oxygen atoms in total. The van der Waals surface area contributed by atoms with Crippen molar-refractivity contribution < 1.29 is 13.6 Å². The monoisotopic (exact) mass is 219 g/mol. The molecule has 0 bridgehead atoms. The van der Waals surface area contributed by atoms with Crippen LogP contribution in [-0.4, -0.2) is 29.6 Å². The molecule has 0 unspecified atom stereocenters. The predicted octanol–water partition coefficient (Wildman–Crippen LogP) is 1.98. The standard InChI is InChI=1S/C8H20O2Si.CHNO/c1-4-5-6-7-8-11(9-2)10-3;2-1-3/h11H,4-8H2,1-3H3;2H. The maximum absolute atomic E-state index is 8.35. The highest BCUT2D eigenvalue weighted by Gasteiger charge is 2.07. The lowest BCUT2D eigenvalue weighted by Gasteiger charge is -2.09. The number of unbranched alkanes of at least 4 members (excludes halogenated alkanes) is 3. The molecule has 0 aliphatic heterocycles. The van der Waals surface area contributed by atoms with Crippen molar-refractivity contribution in [3.8, 4) is 0 Å². The Balaban J connectivity index is 0. The first kappa shape index (κ1) is 16.0. The minimum atomic E-state index is -1.23. The third-order valence-electron chi connectivity index (χ3n) is 1.82. The van der Waals surface area contributed by atoms with E-state index in [2.05, 4.69) is 6.92 Å². The quantitative estimate of drug-likeness (QED) is 0.308. The van der Waals surface area contributed by atoms with Gasteiger partial charge in [-0.1, -0.05) is 32.6 Å². The van der Waals surface area contributed by atoms with Crippen LogP contribution in [0, 0.1) is 5.41 Å². The van der Waals surface area contributed by atoms with E-state index >= 15 is 0 Å². The van der Waals surface area contributed by atoms with Crippen molar-refractivity contribution in [2.45, 2.75) is 38.7 Å². The van der Waals surface area contributed by atoms with Crippen LogP contribution in [0.2, 0.25) is 6.04 Å². The third kappa shape index (κ3) is 14.1. The number of carbonyl (C=O) groups excluding carboxylic acids is 1. The highest BCUT2D eigenvalue weighted by atomic mass is 28.3. The van der Waals surface area contributed by atoms with Gasteiger partial charge < -0.3 is 8.85 Å². The lowest BCUT2D eigenvalue weighted by atomic mass is 10.2. The third-order valence-corrected chi connectivity index (χ3v) is 3.75. The molecule has 0 fully saturated rings. The van der Waals surface area contributed by atoms with Gasteiger partial charge in [0, 0.05) is 14.2 Å². The Bertz CT molecular complexity index is 134. The van der Waals surface area contributed by atoms with Crippen LogP contribution < -0.4 is 0 Å². The van der Waals surface area contributed by atoms with E-state index in [9.17, 15) is 0 Å². The van der Waals surface area contributed by atoms with Crippen molar-refractivity contribution in [1.29, 1.82) is 5.41 Å². The zero-order valence-corrected chi connectivity index (χ0v) is 10.5. The molecule has 0 saturated heterocycles. The Kier molecular flexibility index (Phi) is 17.1. The van der Waals surface area contributed by atoms with E-state index in [-0.39, 0.29) is 0 Å². The highest BCUT2D eigenvalue weighted by Crippen LogP contribution is 2.06. The van der Waals surface area contributed by atoms with E-state index in [0.29, 0.717) is 0 Å². The molecule has 0 radical (unpaired) electrons. The summed E-state index contributed by atoms with van der Waals surface area (Å²) < 4.78 is 10.4. The van der Waals surface area contributed by atoms with E-state index < -0.39 is 9.28 Å². The van der Waals surface area contributed by atoms with Crippen molar-refractivity contribution in [2.75, 3.05) is 14.2 Å². The van der Waals surface area contributed by atoms with Gasteiger partial charge in [0.05, 0.1) is 0 Å². The van der Waals surface area contributed by atoms with Gasteiger partial charge in [0.2, 0.25) is 6.08 Å². The van der Waals surface area contributed by atoms with Crippen LogP contribution in [0.5, 0.6) is 0 Å². The zero-order valence-electron chi connectivity index (χ0n) is 9.34. The fraction of sp³-hybridized carbons (Fsp3) is 0.889. The molecule has 0 heterocycles. The number of isocyanates is 1. The molecule has 5 heteroatoms. The molecule has 0 aromatic carbocycles. The first-order valence-electron chi connectivity index (χ1n) is 4.86. The van der Waals surface area contributed by atoms with Crippen molar-refractivity contribution in [3.05, 3.63) is 0 Å². The Labute approximate surface area is 88.0 Å². The van der Waals surface area contributed by atoms with Crippen LogP contribution in [0.1, 0.15) is 32.6 Å². The SMILES string of the molecule is CCCCCC[SiH](OC)OC.N=C=O. The van der Waals surface area contributed by atoms with Gasteiger partial charge in [-0.15, -0.1) is 0 Å². The van der Waals surface area contributed by atoms with Crippen molar-refractivity contribution in [2.24, 2.45) is 0 Å². The van der Waals surface area contributed by atoms with E-state index in [1.165, 1.54) is 25.7 Å². The molecule has 0 rings (SSSR count). The number of rotatable bonds is 7. The zero-order chi connectivity index (χ0) is 11.2. The molecular formula is C9H21NO3Si. The first-order chi connectivity index (χ1) is 6.76. The summed E-state index contributed by atoms with van der Waals surface area (Å²) in [7, 11) is 2.27. The summed E-state index contributed by atoms with van der Waals surface area (Å²) in [6.07, 6.45) is 5.99. The second-order valence-electron chi connectivity index (χ2n) is 2.85. The van der Waals surface area contributed by atoms with Gasteiger partial charge in [-0.25, -0.2) is 10.2 Å². The summed E-state index contributed by atoms with van der Waals surface area (Å²) in [4.78, 5) is 8.35. The van der Waals surface area contributed by atoms with Crippen molar-refractivity contribution in [1.82, 2.24) is 0 Å². The van der Waals surface area contributed by atoms with Gasteiger partial charge in [0.1, 0.15) is 0 Å². The molecule has 0 aromatic heterocycles. The van der Waals surface area contributed by atoms with Gasteiger partial charge in [-0.3, -0.25) is 0 Å². The molecule has 0 spiro atoms. The van der Waals surface area contributed by atoms with Gasteiger partial charge in [-0.05, 0) is 6.04 Å². The molecular weight excluding hydrogens is 198 g/mol. The second kappa shape index (κ2) is 15.0. The lowest BCUT2D eigenvalue weighted by molar-refractivity contribution is 0.276. The molecule has 0 aromatic rings. The minimum absolute atomic E-state index is 0.750. The molecule has 0 saturated carbocycles. The Morgan fingerprint density at radius 1 is 1.21 bits per heavy atom. The van der Waals surface area contributed by atoms with Crippen LogP contribution in [0.4, 0.5) is 0 Å². The van der Waals surface area contributed by atoms with Gasteiger partial charge >= 0.3 is 9.28 Å². The van der Waals surface area contributed by atoms with Crippen LogP contribution in [0.25, 0.3) is 0 Å².